The first-order valence-electron chi connectivity index (χ1n) is 8.54. The molecule has 2 heterocycles. The lowest BCUT2D eigenvalue weighted by molar-refractivity contribution is 0.597. The Balaban J connectivity index is 1.79. The van der Waals surface area contributed by atoms with Gasteiger partial charge in [-0.15, -0.1) is 16.4 Å². The first kappa shape index (κ1) is 18.8. The summed E-state index contributed by atoms with van der Waals surface area (Å²) in [5.41, 5.74) is 14.7. The Bertz CT molecular complexity index is 815. The van der Waals surface area contributed by atoms with Crippen LogP contribution in [0.4, 0.5) is 5.69 Å². The molecule has 0 atom stereocenters. The van der Waals surface area contributed by atoms with Gasteiger partial charge in [0.2, 0.25) is 5.96 Å². The molecule has 6 nitrogen and oxygen atoms in total. The molecule has 0 saturated carbocycles. The molecule has 1 aromatic heterocycles. The summed E-state index contributed by atoms with van der Waals surface area (Å²) in [6, 6.07) is 8.64. The fourth-order valence-electron chi connectivity index (χ4n) is 2.95. The van der Waals surface area contributed by atoms with E-state index in [4.69, 9.17) is 11.5 Å². The Labute approximate surface area is 166 Å². The Morgan fingerprint density at radius 1 is 1.19 bits per heavy atom. The fourth-order valence-corrected chi connectivity index (χ4v) is 4.38. The number of nitrogens with zero attached hydrogens (tertiary/aromatic N) is 4. The van der Waals surface area contributed by atoms with Crippen LogP contribution in [0.5, 0.6) is 0 Å². The largest absolute Gasteiger partial charge is 0.371 e. The van der Waals surface area contributed by atoms with Gasteiger partial charge in [0.25, 0.3) is 0 Å². The van der Waals surface area contributed by atoms with Crippen molar-refractivity contribution in [3.63, 3.8) is 0 Å². The Hall–Kier alpha value is -1.93. The summed E-state index contributed by atoms with van der Waals surface area (Å²) in [4.78, 5) is 8.77. The van der Waals surface area contributed by atoms with E-state index in [1.807, 2.05) is 13.8 Å². The summed E-state index contributed by atoms with van der Waals surface area (Å²) in [6.45, 7) is 6.04. The highest BCUT2D eigenvalue weighted by Crippen LogP contribution is 2.31. The van der Waals surface area contributed by atoms with Crippen LogP contribution in [0, 0.1) is 6.92 Å². The van der Waals surface area contributed by atoms with Gasteiger partial charge in [0.15, 0.2) is 0 Å². The number of rotatable bonds is 4. The van der Waals surface area contributed by atoms with Crippen LogP contribution in [0.15, 0.2) is 34.5 Å². The van der Waals surface area contributed by atoms with Crippen molar-refractivity contribution in [2.75, 3.05) is 18.0 Å². The Morgan fingerprint density at radius 3 is 2.46 bits per heavy atom. The highest BCUT2D eigenvalue weighted by atomic mass is 79.9. The fraction of sp³-hybridized carbons (Fsp3) is 0.389. The van der Waals surface area contributed by atoms with Gasteiger partial charge in [-0.1, -0.05) is 15.9 Å². The van der Waals surface area contributed by atoms with Crippen LogP contribution in [0.2, 0.25) is 0 Å². The monoisotopic (exact) mass is 434 g/mol. The van der Waals surface area contributed by atoms with Crippen molar-refractivity contribution >= 4 is 44.6 Å². The SMILES string of the molecule is C/C(=N\N=C(N)N)c1sc(-c2ccc(N3CCC(Br)CC3)cc2)nc1C. The summed E-state index contributed by atoms with van der Waals surface area (Å²) in [6.07, 6.45) is 2.37. The number of benzene rings is 1. The predicted octanol–water partition coefficient (Wildman–Crippen LogP) is 3.48. The second-order valence-corrected chi connectivity index (χ2v) is 8.65. The van der Waals surface area contributed by atoms with Gasteiger partial charge in [-0.3, -0.25) is 0 Å². The Kier molecular flexibility index (Phi) is 5.93. The van der Waals surface area contributed by atoms with E-state index in [1.54, 1.807) is 11.3 Å². The van der Waals surface area contributed by atoms with E-state index in [9.17, 15) is 0 Å². The van der Waals surface area contributed by atoms with Crippen molar-refractivity contribution in [1.82, 2.24) is 4.98 Å². The number of alkyl halides is 1. The molecule has 0 radical (unpaired) electrons. The molecule has 0 aliphatic carbocycles. The predicted molar refractivity (Wildman–Crippen MR) is 114 cm³/mol. The molecule has 0 spiro atoms. The molecule has 138 valence electrons. The summed E-state index contributed by atoms with van der Waals surface area (Å²) in [5.74, 6) is -0.0497. The van der Waals surface area contributed by atoms with Gasteiger partial charge in [-0.05, 0) is 51.0 Å². The van der Waals surface area contributed by atoms with Crippen LogP contribution in [0.25, 0.3) is 10.6 Å². The van der Waals surface area contributed by atoms with Crippen LogP contribution in [0.3, 0.4) is 0 Å². The zero-order chi connectivity index (χ0) is 18.7. The normalized spacial score (nSPS) is 16.0. The number of anilines is 1. The molecule has 8 heteroatoms. The number of piperidine rings is 1. The second kappa shape index (κ2) is 8.18. The van der Waals surface area contributed by atoms with E-state index in [1.165, 1.54) is 18.5 Å². The smallest absolute Gasteiger partial charge is 0.211 e. The van der Waals surface area contributed by atoms with E-state index >= 15 is 0 Å². The van der Waals surface area contributed by atoms with Crippen molar-refractivity contribution in [1.29, 1.82) is 0 Å². The quantitative estimate of drug-likeness (QED) is 0.333. The standard InChI is InChI=1S/C18H23BrN6S/c1-11-16(12(2)23-24-18(20)21)26-17(22-11)13-3-5-15(6-4-13)25-9-7-14(19)8-10-25/h3-6,14H,7-10H2,1-2H3,(H4,20,21,24)/b23-12+. The van der Waals surface area contributed by atoms with E-state index < -0.39 is 0 Å². The topological polar surface area (TPSA) is 92.9 Å². The van der Waals surface area contributed by atoms with Gasteiger partial charge in [-0.25, -0.2) is 4.98 Å². The number of aromatic nitrogens is 1. The molecule has 0 bridgehead atoms. The third-order valence-corrected chi connectivity index (χ3v) is 6.58. The van der Waals surface area contributed by atoms with Crippen molar-refractivity contribution < 1.29 is 0 Å². The van der Waals surface area contributed by atoms with E-state index in [0.717, 1.165) is 39.9 Å². The zero-order valence-corrected chi connectivity index (χ0v) is 17.3. The third-order valence-electron chi connectivity index (χ3n) is 4.34. The number of guanidine groups is 1. The van der Waals surface area contributed by atoms with Gasteiger partial charge in [0.05, 0.1) is 16.3 Å². The minimum atomic E-state index is -0.0497. The molecule has 3 rings (SSSR count). The van der Waals surface area contributed by atoms with Gasteiger partial charge >= 0.3 is 0 Å². The lowest BCUT2D eigenvalue weighted by Gasteiger charge is -2.31. The number of halogens is 1. The molecular weight excluding hydrogens is 412 g/mol. The molecule has 2 aromatic rings. The number of aryl methyl sites for hydroxylation is 1. The van der Waals surface area contributed by atoms with Crippen molar-refractivity contribution in [3.8, 4) is 10.6 Å². The lowest BCUT2D eigenvalue weighted by Crippen LogP contribution is -2.33. The van der Waals surface area contributed by atoms with Gasteiger partial charge in [-0.2, -0.15) is 5.10 Å². The molecule has 0 amide bonds. The minimum absolute atomic E-state index is 0.0497. The molecule has 1 aromatic carbocycles. The van der Waals surface area contributed by atoms with E-state index in [0.29, 0.717) is 4.83 Å². The van der Waals surface area contributed by atoms with Crippen LogP contribution >= 0.6 is 27.3 Å². The summed E-state index contributed by atoms with van der Waals surface area (Å²) in [5, 5.41) is 8.76. The minimum Gasteiger partial charge on any atom is -0.371 e. The molecule has 26 heavy (non-hydrogen) atoms. The number of thiazole rings is 1. The summed E-state index contributed by atoms with van der Waals surface area (Å²) in [7, 11) is 0. The highest BCUT2D eigenvalue weighted by Gasteiger charge is 2.17. The molecule has 4 N–H and O–H groups in total. The van der Waals surface area contributed by atoms with Crippen LogP contribution in [-0.2, 0) is 0 Å². The maximum atomic E-state index is 5.34. The molecule has 0 unspecified atom stereocenters. The molecule has 1 aliphatic heterocycles. The summed E-state index contributed by atoms with van der Waals surface area (Å²) < 4.78 is 0. The molecule has 1 saturated heterocycles. The van der Waals surface area contributed by atoms with Crippen molar-refractivity contribution in [3.05, 3.63) is 34.8 Å². The lowest BCUT2D eigenvalue weighted by atomic mass is 10.1. The number of nitrogens with two attached hydrogens (primary N) is 2. The molecular formula is C18H23BrN6S. The van der Waals surface area contributed by atoms with Crippen LogP contribution in [-0.4, -0.2) is 34.6 Å². The second-order valence-electron chi connectivity index (χ2n) is 6.35. The summed E-state index contributed by atoms with van der Waals surface area (Å²) >= 11 is 5.31. The van der Waals surface area contributed by atoms with Gasteiger partial charge in [0.1, 0.15) is 5.01 Å². The average molecular weight is 435 g/mol. The van der Waals surface area contributed by atoms with Crippen LogP contribution in [0.1, 0.15) is 30.3 Å². The van der Waals surface area contributed by atoms with Gasteiger partial charge < -0.3 is 16.4 Å². The van der Waals surface area contributed by atoms with E-state index in [-0.39, 0.29) is 5.96 Å². The molecule has 1 fully saturated rings. The van der Waals surface area contributed by atoms with Crippen LogP contribution < -0.4 is 16.4 Å². The number of hydrogen-bond acceptors (Lipinski definition) is 5. The molecule has 1 aliphatic rings. The maximum Gasteiger partial charge on any atom is 0.211 e. The van der Waals surface area contributed by atoms with E-state index in [2.05, 4.69) is 60.3 Å². The average Bonchev–Trinajstić information content (AvgIpc) is 3.02. The van der Waals surface area contributed by atoms with Gasteiger partial charge in [0, 0.05) is 29.2 Å². The first-order valence-corrected chi connectivity index (χ1v) is 10.3. The highest BCUT2D eigenvalue weighted by molar-refractivity contribution is 9.09. The third kappa shape index (κ3) is 4.42. The van der Waals surface area contributed by atoms with Crippen molar-refractivity contribution in [2.45, 2.75) is 31.5 Å². The number of hydrogen-bond donors (Lipinski definition) is 2. The first-order chi connectivity index (χ1) is 12.4. The van der Waals surface area contributed by atoms with Crippen molar-refractivity contribution in [2.24, 2.45) is 21.7 Å². The zero-order valence-electron chi connectivity index (χ0n) is 14.9. The Morgan fingerprint density at radius 2 is 1.85 bits per heavy atom. The maximum absolute atomic E-state index is 5.34.